The van der Waals surface area contributed by atoms with Crippen LogP contribution >= 0.6 is 12.2 Å². The molecule has 0 N–H and O–H groups in total. The molecule has 4 rings (SSSR count). The van der Waals surface area contributed by atoms with E-state index < -0.39 is 11.7 Å². The van der Waals surface area contributed by atoms with Crippen LogP contribution in [0.3, 0.4) is 0 Å². The Hall–Kier alpha value is -3.26. The molecular weight excluding hydrogens is 511 g/mol. The SMILES string of the molecule is CC(C)Oc1ccc(OCC2c3ccc(OC(C)C)cc3CCN2C(=S)c2cccc(C(F)(F)F)c2)cc1. The van der Waals surface area contributed by atoms with Crippen molar-refractivity contribution in [3.05, 3.63) is 89.0 Å². The van der Waals surface area contributed by atoms with Gasteiger partial charge in [0.2, 0.25) is 0 Å². The molecule has 0 saturated heterocycles. The number of hydrogen-bond donors (Lipinski definition) is 0. The fraction of sp³-hybridized carbons (Fsp3) is 0.367. The zero-order valence-corrected chi connectivity index (χ0v) is 22.7. The summed E-state index contributed by atoms with van der Waals surface area (Å²) in [5, 5.41) is 0. The summed E-state index contributed by atoms with van der Waals surface area (Å²) in [5.41, 5.74) is 1.77. The topological polar surface area (TPSA) is 30.9 Å². The summed E-state index contributed by atoms with van der Waals surface area (Å²) in [7, 11) is 0. The predicted octanol–water partition coefficient (Wildman–Crippen LogP) is 7.63. The molecule has 1 unspecified atom stereocenters. The minimum atomic E-state index is -4.44. The molecule has 3 aromatic carbocycles. The lowest BCUT2D eigenvalue weighted by molar-refractivity contribution is -0.137. The Morgan fingerprint density at radius 1 is 0.895 bits per heavy atom. The molecule has 1 aliphatic rings. The van der Waals surface area contributed by atoms with Crippen molar-refractivity contribution in [2.45, 2.75) is 58.5 Å². The standard InChI is InChI=1S/C30H32F3NO3S/c1-19(2)36-25-10-8-24(9-11-25)35-18-28-27-13-12-26(37-20(3)4)17-21(27)14-15-34(28)29(38)22-6-5-7-23(16-22)30(31,32)33/h5-13,16-17,19-20,28H,14-15,18H2,1-4H3. The second-order valence-electron chi connectivity index (χ2n) is 9.82. The monoisotopic (exact) mass is 543 g/mol. The molecule has 0 spiro atoms. The van der Waals surface area contributed by atoms with Crippen molar-refractivity contribution in [2.75, 3.05) is 13.2 Å². The van der Waals surface area contributed by atoms with Crippen LogP contribution in [0.15, 0.2) is 66.7 Å². The van der Waals surface area contributed by atoms with Gasteiger partial charge in [-0.05, 0) is 93.8 Å². The molecular formula is C30H32F3NO3S. The highest BCUT2D eigenvalue weighted by Gasteiger charge is 2.33. The number of hydrogen-bond acceptors (Lipinski definition) is 4. The minimum absolute atomic E-state index is 0.0448. The maximum absolute atomic E-state index is 13.4. The molecule has 1 heterocycles. The van der Waals surface area contributed by atoms with Crippen molar-refractivity contribution in [2.24, 2.45) is 0 Å². The van der Waals surface area contributed by atoms with Crippen molar-refractivity contribution in [1.82, 2.24) is 4.90 Å². The Morgan fingerprint density at radius 2 is 1.53 bits per heavy atom. The molecule has 0 fully saturated rings. The molecule has 0 aliphatic carbocycles. The molecule has 8 heteroatoms. The first-order valence-corrected chi connectivity index (χ1v) is 13.1. The van der Waals surface area contributed by atoms with Gasteiger partial charge in [0.05, 0.1) is 23.8 Å². The Kier molecular flexibility index (Phi) is 8.51. The van der Waals surface area contributed by atoms with E-state index in [1.54, 1.807) is 6.07 Å². The second kappa shape index (κ2) is 11.6. The first-order valence-electron chi connectivity index (χ1n) is 12.7. The second-order valence-corrected chi connectivity index (χ2v) is 10.2. The first-order chi connectivity index (χ1) is 18.0. The van der Waals surface area contributed by atoms with Gasteiger partial charge in [-0.1, -0.05) is 30.4 Å². The number of ether oxygens (including phenoxy) is 3. The molecule has 3 aromatic rings. The lowest BCUT2D eigenvalue weighted by Crippen LogP contribution is -2.42. The van der Waals surface area contributed by atoms with Crippen molar-refractivity contribution < 1.29 is 27.4 Å². The van der Waals surface area contributed by atoms with Gasteiger partial charge < -0.3 is 19.1 Å². The number of benzene rings is 3. The van der Waals surface area contributed by atoms with Gasteiger partial charge in [-0.15, -0.1) is 0 Å². The van der Waals surface area contributed by atoms with E-state index >= 15 is 0 Å². The number of fused-ring (bicyclic) bond motifs is 1. The summed E-state index contributed by atoms with van der Waals surface area (Å²) in [5.74, 6) is 2.20. The van der Waals surface area contributed by atoms with E-state index in [0.717, 1.165) is 34.8 Å². The third-order valence-corrected chi connectivity index (χ3v) is 6.61. The van der Waals surface area contributed by atoms with Crippen molar-refractivity contribution in [1.29, 1.82) is 0 Å². The highest BCUT2D eigenvalue weighted by Crippen LogP contribution is 2.36. The van der Waals surface area contributed by atoms with E-state index in [0.29, 0.717) is 29.3 Å². The molecule has 1 atom stereocenters. The van der Waals surface area contributed by atoms with Crippen LogP contribution < -0.4 is 14.2 Å². The van der Waals surface area contributed by atoms with E-state index in [-0.39, 0.29) is 24.9 Å². The van der Waals surface area contributed by atoms with Crippen molar-refractivity contribution in [3.63, 3.8) is 0 Å². The van der Waals surface area contributed by atoms with Crippen LogP contribution in [0.25, 0.3) is 0 Å². The van der Waals surface area contributed by atoms with Gasteiger partial charge in [0, 0.05) is 12.1 Å². The maximum Gasteiger partial charge on any atom is 0.416 e. The van der Waals surface area contributed by atoms with E-state index in [4.69, 9.17) is 26.4 Å². The fourth-order valence-corrected chi connectivity index (χ4v) is 4.86. The summed E-state index contributed by atoms with van der Waals surface area (Å²) < 4.78 is 57.9. The van der Waals surface area contributed by atoms with E-state index in [2.05, 4.69) is 0 Å². The zero-order chi connectivity index (χ0) is 27.4. The van der Waals surface area contributed by atoms with Crippen LogP contribution in [-0.4, -0.2) is 35.2 Å². The molecule has 0 bridgehead atoms. The number of nitrogens with zero attached hydrogens (tertiary/aromatic N) is 1. The van der Waals surface area contributed by atoms with Crippen LogP contribution in [-0.2, 0) is 12.6 Å². The van der Waals surface area contributed by atoms with Crippen LogP contribution in [0, 0.1) is 0 Å². The number of rotatable bonds is 8. The van der Waals surface area contributed by atoms with Gasteiger partial charge in [0.15, 0.2) is 0 Å². The minimum Gasteiger partial charge on any atom is -0.491 e. The van der Waals surface area contributed by atoms with Crippen LogP contribution in [0.2, 0.25) is 0 Å². The first kappa shape index (κ1) is 27.8. The average molecular weight is 544 g/mol. The third-order valence-electron chi connectivity index (χ3n) is 6.14. The van der Waals surface area contributed by atoms with E-state index in [1.165, 1.54) is 6.07 Å². The summed E-state index contributed by atoms with van der Waals surface area (Å²) in [4.78, 5) is 2.32. The molecule has 38 heavy (non-hydrogen) atoms. The molecule has 0 saturated carbocycles. The normalized spacial score (nSPS) is 15.4. The lowest BCUT2D eigenvalue weighted by Gasteiger charge is -2.39. The zero-order valence-electron chi connectivity index (χ0n) is 21.9. The molecule has 1 aliphatic heterocycles. The highest BCUT2D eigenvalue weighted by atomic mass is 32.1. The quantitative estimate of drug-likeness (QED) is 0.273. The van der Waals surface area contributed by atoms with Gasteiger partial charge >= 0.3 is 6.18 Å². The van der Waals surface area contributed by atoms with Gasteiger partial charge in [-0.25, -0.2) is 0 Å². The van der Waals surface area contributed by atoms with Gasteiger partial charge in [-0.3, -0.25) is 0 Å². The summed E-state index contributed by atoms with van der Waals surface area (Å²) in [6.45, 7) is 8.68. The molecule has 202 valence electrons. The number of halogens is 3. The summed E-state index contributed by atoms with van der Waals surface area (Å²) in [6, 6.07) is 18.2. The third kappa shape index (κ3) is 6.78. The van der Waals surface area contributed by atoms with Gasteiger partial charge in [0.25, 0.3) is 0 Å². The molecule has 0 radical (unpaired) electrons. The number of thiocarbonyl (C=S) groups is 1. The molecule has 4 nitrogen and oxygen atoms in total. The van der Waals surface area contributed by atoms with Crippen molar-refractivity contribution in [3.8, 4) is 17.2 Å². The van der Waals surface area contributed by atoms with Crippen molar-refractivity contribution >= 4 is 17.2 Å². The average Bonchev–Trinajstić information content (AvgIpc) is 2.86. The maximum atomic E-state index is 13.4. The predicted molar refractivity (Wildman–Crippen MR) is 146 cm³/mol. The Morgan fingerprint density at radius 3 is 2.18 bits per heavy atom. The van der Waals surface area contributed by atoms with Gasteiger partial charge in [0.1, 0.15) is 28.8 Å². The van der Waals surface area contributed by atoms with Crippen LogP contribution in [0.1, 0.15) is 56.0 Å². The lowest BCUT2D eigenvalue weighted by atomic mass is 9.92. The Balaban J connectivity index is 1.62. The van der Waals surface area contributed by atoms with E-state index in [9.17, 15) is 13.2 Å². The summed E-state index contributed by atoms with van der Waals surface area (Å²) in [6.07, 6.45) is -3.65. The van der Waals surface area contributed by atoms with E-state index in [1.807, 2.05) is 75.1 Å². The van der Waals surface area contributed by atoms with Crippen LogP contribution in [0.4, 0.5) is 13.2 Å². The molecule has 0 aromatic heterocycles. The summed E-state index contributed by atoms with van der Waals surface area (Å²) >= 11 is 5.76. The fourth-order valence-electron chi connectivity index (χ4n) is 4.51. The Bertz CT molecular complexity index is 1260. The largest absolute Gasteiger partial charge is 0.491 e. The molecule has 0 amide bonds. The Labute approximate surface area is 227 Å². The van der Waals surface area contributed by atoms with Gasteiger partial charge in [-0.2, -0.15) is 13.2 Å². The number of alkyl halides is 3. The van der Waals surface area contributed by atoms with Crippen LogP contribution in [0.5, 0.6) is 17.2 Å². The highest BCUT2D eigenvalue weighted by molar-refractivity contribution is 7.80. The smallest absolute Gasteiger partial charge is 0.416 e.